The molecular weight excluding hydrogens is 316 g/mol. The van der Waals surface area contributed by atoms with Gasteiger partial charge in [0.15, 0.2) is 0 Å². The van der Waals surface area contributed by atoms with E-state index in [0.717, 1.165) is 18.4 Å². The largest absolute Gasteiger partial charge is 0.491 e. The number of fused-ring (bicyclic) bond motifs is 1. The Hall–Kier alpha value is 0.140. The summed E-state index contributed by atoms with van der Waals surface area (Å²) in [6, 6.07) is 1.80. The second kappa shape index (κ2) is 7.24. The van der Waals surface area contributed by atoms with Gasteiger partial charge in [0.2, 0.25) is 0 Å². The van der Waals surface area contributed by atoms with Gasteiger partial charge in [-0.05, 0) is 19.8 Å². The number of pyridine rings is 1. The Balaban J connectivity index is 2.45. The summed E-state index contributed by atoms with van der Waals surface area (Å²) >= 11 is 0. The van der Waals surface area contributed by atoms with Gasteiger partial charge in [0.05, 0.1) is 12.0 Å². The van der Waals surface area contributed by atoms with Crippen LogP contribution < -0.4 is 10.2 Å². The summed E-state index contributed by atoms with van der Waals surface area (Å²) < 4.78 is 5.73. The molecule has 0 saturated carbocycles. The minimum atomic E-state index is -0.486. The first-order valence-corrected chi connectivity index (χ1v) is 12.7. The predicted octanol–water partition coefficient (Wildman–Crippen LogP) is 2.61. The SMILES string of the molecule is CCCN1CCOc2ccnc(P(P)PP)c2C1=O. The van der Waals surface area contributed by atoms with Gasteiger partial charge in [0.1, 0.15) is 17.9 Å². The Morgan fingerprint density at radius 1 is 1.63 bits per heavy atom. The number of aromatic nitrogens is 1. The molecule has 4 atom stereocenters. The van der Waals surface area contributed by atoms with Crippen LogP contribution in [-0.4, -0.2) is 35.5 Å². The summed E-state index contributed by atoms with van der Waals surface area (Å²) in [4.78, 5) is 19.0. The fourth-order valence-electron chi connectivity index (χ4n) is 2.01. The summed E-state index contributed by atoms with van der Waals surface area (Å²) in [6.45, 7) is 4.06. The monoisotopic (exact) mass is 334 g/mol. The Labute approximate surface area is 121 Å². The van der Waals surface area contributed by atoms with Crippen LogP contribution in [0, 0.1) is 0 Å². The van der Waals surface area contributed by atoms with Crippen molar-refractivity contribution in [3.63, 3.8) is 0 Å². The van der Waals surface area contributed by atoms with Crippen LogP contribution in [0.25, 0.3) is 0 Å². The number of hydrogen-bond acceptors (Lipinski definition) is 3. The lowest BCUT2D eigenvalue weighted by atomic mass is 10.2. The maximum absolute atomic E-state index is 12.7. The highest BCUT2D eigenvalue weighted by Crippen LogP contribution is 2.65. The van der Waals surface area contributed by atoms with Gasteiger partial charge in [-0.15, -0.1) is 17.9 Å². The molecule has 0 fully saturated rings. The molecule has 0 aromatic carbocycles. The maximum Gasteiger partial charge on any atom is 0.260 e. The van der Waals surface area contributed by atoms with Crippen molar-refractivity contribution in [3.05, 3.63) is 17.8 Å². The lowest BCUT2D eigenvalue weighted by molar-refractivity contribution is 0.0757. The Morgan fingerprint density at radius 3 is 3.11 bits per heavy atom. The van der Waals surface area contributed by atoms with Crippen LogP contribution >= 0.6 is 33.1 Å². The van der Waals surface area contributed by atoms with E-state index < -0.39 is 7.30 Å². The van der Waals surface area contributed by atoms with Gasteiger partial charge in [-0.1, -0.05) is 14.9 Å². The molecule has 0 radical (unpaired) electrons. The molecule has 2 heterocycles. The summed E-state index contributed by atoms with van der Waals surface area (Å²) in [5, 5.41) is 0. The molecule has 1 aromatic heterocycles. The van der Waals surface area contributed by atoms with Crippen LogP contribution in [0.4, 0.5) is 0 Å². The minimum Gasteiger partial charge on any atom is -0.491 e. The zero-order chi connectivity index (χ0) is 13.8. The van der Waals surface area contributed by atoms with E-state index in [-0.39, 0.29) is 5.91 Å². The van der Waals surface area contributed by atoms with E-state index in [0.29, 0.717) is 32.4 Å². The van der Waals surface area contributed by atoms with Gasteiger partial charge < -0.3 is 9.64 Å². The van der Waals surface area contributed by atoms with Crippen molar-refractivity contribution >= 4 is 44.5 Å². The summed E-state index contributed by atoms with van der Waals surface area (Å²) in [6.07, 6.45) is 2.69. The molecule has 0 bridgehead atoms. The molecule has 4 nitrogen and oxygen atoms in total. The average Bonchev–Trinajstić information content (AvgIpc) is 2.59. The first-order chi connectivity index (χ1) is 9.19. The van der Waals surface area contributed by atoms with Gasteiger partial charge in [-0.2, -0.15) is 0 Å². The highest BCUT2D eigenvalue weighted by atomic mass is 32.6. The number of carbonyl (C=O) groups excluding carboxylic acids is 1. The zero-order valence-corrected chi connectivity index (χ0v) is 15.0. The number of carbonyl (C=O) groups is 1. The molecule has 1 amide bonds. The summed E-state index contributed by atoms with van der Waals surface area (Å²) in [5.74, 6) is 0.752. The van der Waals surface area contributed by atoms with Crippen molar-refractivity contribution < 1.29 is 9.53 Å². The molecule has 2 rings (SSSR count). The quantitative estimate of drug-likeness (QED) is 0.795. The molecule has 4 unspecified atom stereocenters. The lowest BCUT2D eigenvalue weighted by Gasteiger charge is -2.20. The molecule has 1 aliphatic heterocycles. The summed E-state index contributed by atoms with van der Waals surface area (Å²) in [7, 11) is 5.74. The second-order valence-electron chi connectivity index (χ2n) is 4.15. The molecule has 19 heavy (non-hydrogen) atoms. The molecule has 0 aliphatic carbocycles. The van der Waals surface area contributed by atoms with E-state index in [9.17, 15) is 4.79 Å². The molecule has 0 spiro atoms. The van der Waals surface area contributed by atoms with Crippen LogP contribution in [0.5, 0.6) is 5.75 Å². The average molecular weight is 334 g/mol. The molecule has 0 N–H and O–H groups in total. The Morgan fingerprint density at radius 2 is 2.42 bits per heavy atom. The smallest absolute Gasteiger partial charge is 0.260 e. The van der Waals surface area contributed by atoms with E-state index in [1.54, 1.807) is 12.3 Å². The molecule has 8 heteroatoms. The van der Waals surface area contributed by atoms with Crippen molar-refractivity contribution in [1.82, 2.24) is 9.88 Å². The number of ether oxygens (including phenoxy) is 1. The number of hydrogen-bond donors (Lipinski definition) is 0. The van der Waals surface area contributed by atoms with E-state index in [2.05, 4.69) is 29.8 Å². The van der Waals surface area contributed by atoms with E-state index in [1.165, 1.54) is 0 Å². The van der Waals surface area contributed by atoms with Crippen molar-refractivity contribution in [1.29, 1.82) is 0 Å². The normalized spacial score (nSPS) is 17.2. The van der Waals surface area contributed by atoms with Crippen LogP contribution in [0.15, 0.2) is 12.3 Å². The van der Waals surface area contributed by atoms with Crippen molar-refractivity contribution in [3.8, 4) is 5.75 Å². The molecule has 1 aromatic rings. The van der Waals surface area contributed by atoms with Crippen LogP contribution in [0.1, 0.15) is 23.7 Å². The number of nitrogens with zero attached hydrogens (tertiary/aromatic N) is 2. The Bertz CT molecular complexity index is 472. The second-order valence-corrected chi connectivity index (χ2v) is 13.2. The lowest BCUT2D eigenvalue weighted by Crippen LogP contribution is -2.35. The van der Waals surface area contributed by atoms with E-state index in [4.69, 9.17) is 4.74 Å². The van der Waals surface area contributed by atoms with Crippen LogP contribution in [0.3, 0.4) is 0 Å². The van der Waals surface area contributed by atoms with Crippen molar-refractivity contribution in [2.24, 2.45) is 0 Å². The van der Waals surface area contributed by atoms with E-state index >= 15 is 0 Å². The van der Waals surface area contributed by atoms with Gasteiger partial charge in [0, 0.05) is 12.7 Å². The first-order valence-electron chi connectivity index (χ1n) is 6.11. The van der Waals surface area contributed by atoms with Crippen molar-refractivity contribution in [2.75, 3.05) is 19.7 Å². The molecule has 1 aliphatic rings. The van der Waals surface area contributed by atoms with Crippen molar-refractivity contribution in [2.45, 2.75) is 13.3 Å². The topological polar surface area (TPSA) is 42.4 Å². The van der Waals surface area contributed by atoms with Crippen LogP contribution in [0.2, 0.25) is 0 Å². The van der Waals surface area contributed by atoms with Gasteiger partial charge in [-0.25, -0.2) is 0 Å². The number of amides is 1. The predicted molar refractivity (Wildman–Crippen MR) is 90.2 cm³/mol. The third kappa shape index (κ3) is 3.43. The van der Waals surface area contributed by atoms with Gasteiger partial charge in [-0.3, -0.25) is 9.78 Å². The molecule has 0 saturated heterocycles. The fraction of sp³-hybridized carbons (Fsp3) is 0.455. The fourth-order valence-corrected chi connectivity index (χ4v) is 5.33. The maximum atomic E-state index is 12.7. The first kappa shape index (κ1) is 15.5. The standard InChI is InChI=1S/C11H18N2O2P4/c1-2-5-13-6-7-15-8-3-4-12-10(19(17)18-16)9(8)11(13)14/h3-4,18H,2,5-7,16-17H2,1H3. The Kier molecular flexibility index (Phi) is 5.91. The summed E-state index contributed by atoms with van der Waals surface area (Å²) in [5.41, 5.74) is 1.56. The van der Waals surface area contributed by atoms with E-state index in [1.807, 2.05) is 4.90 Å². The minimum absolute atomic E-state index is 0.0654. The van der Waals surface area contributed by atoms with Gasteiger partial charge >= 0.3 is 0 Å². The van der Waals surface area contributed by atoms with Gasteiger partial charge in [0.25, 0.3) is 5.91 Å². The third-order valence-electron chi connectivity index (χ3n) is 2.87. The highest BCUT2D eigenvalue weighted by molar-refractivity contribution is 8.63. The molecule has 104 valence electrons. The zero-order valence-electron chi connectivity index (χ0n) is 10.8. The number of rotatable bonds is 4. The third-order valence-corrected chi connectivity index (χ3v) is 12.7. The molecular formula is C11H18N2O2P4. The van der Waals surface area contributed by atoms with Crippen LogP contribution in [-0.2, 0) is 0 Å². The highest BCUT2D eigenvalue weighted by Gasteiger charge is 2.28.